The van der Waals surface area contributed by atoms with E-state index in [1.165, 1.54) is 59.7 Å². The van der Waals surface area contributed by atoms with Crippen molar-refractivity contribution in [1.82, 2.24) is 24.1 Å². The van der Waals surface area contributed by atoms with Gasteiger partial charge in [-0.15, -0.1) is 0 Å². The van der Waals surface area contributed by atoms with E-state index in [0.717, 1.165) is 44.7 Å². The van der Waals surface area contributed by atoms with Crippen molar-refractivity contribution in [2.75, 3.05) is 0 Å². The molecule has 0 amide bonds. The lowest BCUT2D eigenvalue weighted by Crippen LogP contribution is -2.02. The molecule has 0 spiro atoms. The number of fused-ring (bicyclic) bond motifs is 6. The molecule has 10 aromatic carbocycles. The first-order chi connectivity index (χ1) is 30.8. The molecule has 0 fully saturated rings. The molecule has 0 bridgehead atoms. The lowest BCUT2D eigenvalue weighted by molar-refractivity contribution is 1.07. The van der Waals surface area contributed by atoms with Crippen LogP contribution in [0.1, 0.15) is 0 Å². The molecule has 0 aliphatic heterocycles. The summed E-state index contributed by atoms with van der Waals surface area (Å²) in [5, 5.41) is 10.1. The molecule has 0 unspecified atom stereocenters. The second kappa shape index (κ2) is 13.6. The van der Waals surface area contributed by atoms with Crippen molar-refractivity contribution in [3.8, 4) is 56.7 Å². The van der Waals surface area contributed by atoms with Gasteiger partial charge in [0.05, 0.1) is 27.8 Å². The first-order valence-corrected chi connectivity index (χ1v) is 21.0. The van der Waals surface area contributed by atoms with Crippen LogP contribution in [-0.2, 0) is 0 Å². The molecule has 0 atom stereocenters. The zero-order valence-electron chi connectivity index (χ0n) is 33.4. The van der Waals surface area contributed by atoms with E-state index >= 15 is 0 Å². The van der Waals surface area contributed by atoms with Crippen molar-refractivity contribution in [2.24, 2.45) is 0 Å². The second-order valence-corrected chi connectivity index (χ2v) is 16.0. The molecule has 0 radical (unpaired) electrons. The number of rotatable bonds is 6. The summed E-state index contributed by atoms with van der Waals surface area (Å²) in [5.41, 5.74) is 11.9. The van der Waals surface area contributed by atoms with Gasteiger partial charge in [-0.3, -0.25) is 0 Å². The number of aromatic nitrogens is 5. The molecular formula is C57H35N5. The monoisotopic (exact) mass is 789 g/mol. The van der Waals surface area contributed by atoms with Gasteiger partial charge in [-0.2, -0.15) is 0 Å². The molecule has 0 aliphatic carbocycles. The van der Waals surface area contributed by atoms with Crippen LogP contribution < -0.4 is 0 Å². The minimum absolute atomic E-state index is 0.615. The van der Waals surface area contributed by atoms with Crippen molar-refractivity contribution in [1.29, 1.82) is 0 Å². The lowest BCUT2D eigenvalue weighted by Gasteiger charge is -2.15. The summed E-state index contributed by atoms with van der Waals surface area (Å²) < 4.78 is 4.91. The predicted molar refractivity (Wildman–Crippen MR) is 256 cm³/mol. The van der Waals surface area contributed by atoms with Gasteiger partial charge in [0.1, 0.15) is 0 Å². The highest BCUT2D eigenvalue weighted by Gasteiger charge is 2.23. The molecule has 0 N–H and O–H groups in total. The van der Waals surface area contributed by atoms with E-state index in [0.29, 0.717) is 17.5 Å². The van der Waals surface area contributed by atoms with Crippen molar-refractivity contribution in [2.45, 2.75) is 0 Å². The van der Waals surface area contributed by atoms with Gasteiger partial charge in [0.2, 0.25) is 0 Å². The Labute approximate surface area is 356 Å². The zero-order valence-corrected chi connectivity index (χ0v) is 33.4. The average Bonchev–Trinajstić information content (AvgIpc) is 3.88. The van der Waals surface area contributed by atoms with Gasteiger partial charge in [0.15, 0.2) is 17.5 Å². The summed E-state index contributed by atoms with van der Waals surface area (Å²) >= 11 is 0. The van der Waals surface area contributed by atoms with Crippen LogP contribution in [0, 0.1) is 0 Å². The van der Waals surface area contributed by atoms with E-state index in [9.17, 15) is 0 Å². The summed E-state index contributed by atoms with van der Waals surface area (Å²) in [7, 11) is 0. The largest absolute Gasteiger partial charge is 0.307 e. The van der Waals surface area contributed by atoms with Crippen molar-refractivity contribution in [3.63, 3.8) is 0 Å². The molecule has 288 valence electrons. The summed E-state index contributed by atoms with van der Waals surface area (Å²) in [4.78, 5) is 15.4. The topological polar surface area (TPSA) is 48.5 Å². The second-order valence-electron chi connectivity index (χ2n) is 16.0. The molecular weight excluding hydrogens is 755 g/mol. The number of hydrogen-bond acceptors (Lipinski definition) is 3. The Kier molecular flexibility index (Phi) is 7.54. The molecule has 0 aliphatic rings. The Hall–Kier alpha value is -8.41. The van der Waals surface area contributed by atoms with Crippen LogP contribution in [-0.4, -0.2) is 24.1 Å². The predicted octanol–water partition coefficient (Wildman–Crippen LogP) is 14.5. The number of benzene rings is 10. The molecule has 13 aromatic rings. The fourth-order valence-corrected chi connectivity index (χ4v) is 9.80. The minimum atomic E-state index is 0.615. The van der Waals surface area contributed by atoms with E-state index in [2.05, 4.69) is 197 Å². The number of hydrogen-bond donors (Lipinski definition) is 0. The van der Waals surface area contributed by atoms with Crippen LogP contribution in [0.5, 0.6) is 0 Å². The molecule has 5 nitrogen and oxygen atoms in total. The maximum Gasteiger partial charge on any atom is 0.164 e. The third kappa shape index (κ3) is 5.18. The number of nitrogens with zero attached hydrogens (tertiary/aromatic N) is 5. The first kappa shape index (κ1) is 34.5. The Morgan fingerprint density at radius 2 is 0.710 bits per heavy atom. The fourth-order valence-electron chi connectivity index (χ4n) is 9.80. The molecule has 5 heteroatoms. The normalized spacial score (nSPS) is 11.9. The van der Waals surface area contributed by atoms with Crippen LogP contribution >= 0.6 is 0 Å². The molecule has 62 heavy (non-hydrogen) atoms. The van der Waals surface area contributed by atoms with Crippen LogP contribution in [0.3, 0.4) is 0 Å². The smallest absolute Gasteiger partial charge is 0.164 e. The highest BCUT2D eigenvalue weighted by Crippen LogP contribution is 2.45. The van der Waals surface area contributed by atoms with Gasteiger partial charge in [-0.1, -0.05) is 176 Å². The van der Waals surface area contributed by atoms with E-state index in [1.807, 2.05) is 24.3 Å². The Balaban J connectivity index is 1.03. The maximum absolute atomic E-state index is 5.18. The van der Waals surface area contributed by atoms with Gasteiger partial charge < -0.3 is 9.13 Å². The zero-order chi connectivity index (χ0) is 40.7. The van der Waals surface area contributed by atoms with E-state index < -0.39 is 0 Å². The maximum atomic E-state index is 5.18. The van der Waals surface area contributed by atoms with Gasteiger partial charge in [0.25, 0.3) is 0 Å². The Morgan fingerprint density at radius 3 is 1.37 bits per heavy atom. The summed E-state index contributed by atoms with van der Waals surface area (Å²) in [6.45, 7) is 0. The number of para-hydroxylation sites is 2. The van der Waals surface area contributed by atoms with E-state index in [4.69, 9.17) is 15.0 Å². The highest BCUT2D eigenvalue weighted by atomic mass is 15.1. The molecule has 0 saturated carbocycles. The lowest BCUT2D eigenvalue weighted by atomic mass is 9.95. The van der Waals surface area contributed by atoms with Crippen molar-refractivity contribution in [3.05, 3.63) is 212 Å². The standard InChI is InChI=1S/C57H35N5/c1-3-15-36(16-4-1)37-31-33-39(34-32-37)56-58-55(38-17-5-2-6-18-38)59-57(60-56)40-19-11-20-41(35-40)61-48-27-10-9-23-44(48)47-26-14-30-51(54(47)61)62-49-28-12-24-45-42-21-7-8-22-43(42)46-25-13-29-50(62)53(46)52(45)49/h1-35H. The van der Waals surface area contributed by atoms with Crippen molar-refractivity contribution >= 4 is 65.2 Å². The summed E-state index contributed by atoms with van der Waals surface area (Å²) in [6.07, 6.45) is 0. The van der Waals surface area contributed by atoms with E-state index in [-0.39, 0.29) is 0 Å². The van der Waals surface area contributed by atoms with E-state index in [1.54, 1.807) is 0 Å². The van der Waals surface area contributed by atoms with Crippen molar-refractivity contribution < 1.29 is 0 Å². The van der Waals surface area contributed by atoms with Crippen LogP contribution in [0.25, 0.3) is 122 Å². The van der Waals surface area contributed by atoms with Gasteiger partial charge in [-0.05, 0) is 69.1 Å². The molecule has 0 saturated heterocycles. The quantitative estimate of drug-likeness (QED) is 0.158. The Bertz CT molecular complexity index is 3760. The third-order valence-corrected chi connectivity index (χ3v) is 12.5. The van der Waals surface area contributed by atoms with Crippen LogP contribution in [0.2, 0.25) is 0 Å². The molecule has 13 rings (SSSR count). The molecule has 3 aromatic heterocycles. The first-order valence-electron chi connectivity index (χ1n) is 21.0. The summed E-state index contributed by atoms with van der Waals surface area (Å²) in [6, 6.07) is 75.5. The van der Waals surface area contributed by atoms with Gasteiger partial charge in [-0.25, -0.2) is 15.0 Å². The van der Waals surface area contributed by atoms with Gasteiger partial charge in [0, 0.05) is 43.9 Å². The fraction of sp³-hybridized carbons (Fsp3) is 0. The minimum Gasteiger partial charge on any atom is -0.307 e. The third-order valence-electron chi connectivity index (χ3n) is 12.5. The average molecular weight is 790 g/mol. The summed E-state index contributed by atoms with van der Waals surface area (Å²) in [5.74, 6) is 1.87. The molecule has 3 heterocycles. The Morgan fingerprint density at radius 1 is 0.274 bits per heavy atom. The van der Waals surface area contributed by atoms with Crippen LogP contribution in [0.15, 0.2) is 212 Å². The van der Waals surface area contributed by atoms with Gasteiger partial charge >= 0.3 is 0 Å². The van der Waals surface area contributed by atoms with Crippen LogP contribution in [0.4, 0.5) is 0 Å². The highest BCUT2D eigenvalue weighted by molar-refractivity contribution is 6.34. The SMILES string of the molecule is c1ccc(-c2ccc(-c3nc(-c4ccccc4)nc(-c4cccc(-n5c6ccccc6c6cccc(-n7c8cccc9c%10ccccc%10c%10cccc7c%10c98)c65)c4)n3)cc2)cc1.